The van der Waals surface area contributed by atoms with Crippen molar-refractivity contribution in [2.75, 3.05) is 38.8 Å². The number of allylic oxidation sites excluding steroid dienone is 1. The lowest BCUT2D eigenvalue weighted by molar-refractivity contribution is -0.133. The SMILES string of the molecule is CNC(=O)[C@@H](OC)[C@@H]1/C=C/[C@@H]2CC[C@H]2CN2C[C@@]3(CCCc4cc(Cl)ccc43)COc3ccc(cc32)C(=O)NS(=O)(=O)[C@H](C)C(C)C1. The number of nitrogens with one attached hydrogen (secondary N) is 2. The van der Waals surface area contributed by atoms with E-state index in [-0.39, 0.29) is 34.6 Å². The van der Waals surface area contributed by atoms with Gasteiger partial charge in [-0.1, -0.05) is 36.7 Å². The summed E-state index contributed by atoms with van der Waals surface area (Å²) in [6.45, 7) is 5.39. The van der Waals surface area contributed by atoms with E-state index in [0.717, 1.165) is 49.4 Å². The first kappa shape index (κ1) is 33.8. The van der Waals surface area contributed by atoms with Crippen LogP contribution in [0.15, 0.2) is 48.6 Å². The molecule has 9 nitrogen and oxygen atoms in total. The van der Waals surface area contributed by atoms with Crippen molar-refractivity contribution in [3.8, 4) is 5.75 Å². The molecule has 2 heterocycles. The third-order valence-electron chi connectivity index (χ3n) is 11.2. The van der Waals surface area contributed by atoms with Gasteiger partial charge in [0.25, 0.3) is 5.91 Å². The lowest BCUT2D eigenvalue weighted by Crippen LogP contribution is -2.48. The summed E-state index contributed by atoms with van der Waals surface area (Å²) in [6.07, 6.45) is 8.92. The van der Waals surface area contributed by atoms with E-state index < -0.39 is 27.3 Å². The van der Waals surface area contributed by atoms with Crippen molar-refractivity contribution >= 4 is 39.1 Å². The zero-order valence-electron chi connectivity index (χ0n) is 27.6. The number of likely N-dealkylation sites (N-methyl/N-ethyl adjacent to an activating group) is 1. The summed E-state index contributed by atoms with van der Waals surface area (Å²) < 4.78 is 41.7. The molecule has 4 aliphatic rings. The summed E-state index contributed by atoms with van der Waals surface area (Å²) in [7, 11) is -0.973. The maximum Gasteiger partial charge on any atom is 0.264 e. The van der Waals surface area contributed by atoms with Gasteiger partial charge in [-0.15, -0.1) is 0 Å². The molecule has 254 valence electrons. The predicted molar refractivity (Wildman–Crippen MR) is 184 cm³/mol. The molecule has 2 N–H and O–H groups in total. The number of sulfonamides is 1. The van der Waals surface area contributed by atoms with Crippen molar-refractivity contribution in [1.82, 2.24) is 10.0 Å². The van der Waals surface area contributed by atoms with E-state index in [1.807, 2.05) is 13.0 Å². The Kier molecular flexibility index (Phi) is 9.67. The first-order valence-corrected chi connectivity index (χ1v) is 18.7. The molecule has 2 amide bonds. The van der Waals surface area contributed by atoms with Gasteiger partial charge in [0, 0.05) is 49.2 Å². The second kappa shape index (κ2) is 13.4. The number of carbonyl (C=O) groups excluding carboxylic acids is 2. The van der Waals surface area contributed by atoms with Crippen LogP contribution in [0.3, 0.4) is 0 Å². The van der Waals surface area contributed by atoms with E-state index in [0.29, 0.717) is 31.2 Å². The highest BCUT2D eigenvalue weighted by Gasteiger charge is 2.43. The van der Waals surface area contributed by atoms with E-state index in [9.17, 15) is 18.0 Å². The molecular weight excluding hydrogens is 638 g/mol. The Labute approximate surface area is 283 Å². The fraction of sp³-hybridized carbons (Fsp3) is 0.556. The molecule has 1 saturated carbocycles. The smallest absolute Gasteiger partial charge is 0.264 e. The Morgan fingerprint density at radius 1 is 1.17 bits per heavy atom. The molecule has 2 bridgehead atoms. The van der Waals surface area contributed by atoms with Crippen LogP contribution >= 0.6 is 11.6 Å². The summed E-state index contributed by atoms with van der Waals surface area (Å²) in [4.78, 5) is 28.8. The molecule has 6 rings (SSSR count). The Balaban J connectivity index is 1.42. The largest absolute Gasteiger partial charge is 0.490 e. The van der Waals surface area contributed by atoms with Gasteiger partial charge in [-0.25, -0.2) is 13.1 Å². The monoisotopic (exact) mass is 683 g/mol. The molecular formula is C36H46ClN3O6S. The lowest BCUT2D eigenvalue weighted by Gasteiger charge is -2.44. The number of fused-ring (bicyclic) bond motifs is 4. The van der Waals surface area contributed by atoms with Crippen LogP contribution in [0, 0.1) is 23.7 Å². The van der Waals surface area contributed by atoms with Gasteiger partial charge in [0.2, 0.25) is 15.9 Å². The van der Waals surface area contributed by atoms with Crippen LogP contribution in [0.5, 0.6) is 5.75 Å². The van der Waals surface area contributed by atoms with Crippen LogP contribution in [0.4, 0.5) is 5.69 Å². The van der Waals surface area contributed by atoms with E-state index in [1.54, 1.807) is 32.2 Å². The molecule has 2 aliphatic carbocycles. The molecule has 2 aromatic carbocycles. The normalized spacial score (nSPS) is 31.6. The molecule has 2 aromatic rings. The minimum absolute atomic E-state index is 0.257. The molecule has 0 aromatic heterocycles. The van der Waals surface area contributed by atoms with Crippen molar-refractivity contribution in [2.24, 2.45) is 23.7 Å². The van der Waals surface area contributed by atoms with Crippen molar-refractivity contribution in [2.45, 2.75) is 69.1 Å². The molecule has 7 atom stereocenters. The molecule has 11 heteroatoms. The Morgan fingerprint density at radius 3 is 2.70 bits per heavy atom. The van der Waals surface area contributed by atoms with Crippen LogP contribution in [0.25, 0.3) is 0 Å². The standard InChI is InChI=1S/C36H46ClN3O6S/c1-22-16-26(33(45-4)35(42)38-3)9-7-24-8-10-28(24)19-40-20-36(15-5-6-25-17-29(37)12-13-30(25)36)21-46-32-14-11-27(18-31(32)40)34(41)39-47(43,44)23(22)2/h7,9,11-14,17-18,22-24,26,28,33H,5-6,8,10,15-16,19-21H2,1-4H3,(H,38,42)(H,39,41)/b9-7+/t22?,23-,24-,26-,28+,33+,36+/m1/s1. The van der Waals surface area contributed by atoms with Gasteiger partial charge < -0.3 is 19.7 Å². The Morgan fingerprint density at radius 2 is 1.98 bits per heavy atom. The molecule has 1 unspecified atom stereocenters. The number of halogens is 1. The molecule has 1 spiro atoms. The Hall–Kier alpha value is -3.08. The quantitative estimate of drug-likeness (QED) is 0.425. The van der Waals surface area contributed by atoms with Crippen molar-refractivity contribution in [3.05, 3.63) is 70.3 Å². The minimum atomic E-state index is -4.05. The van der Waals surface area contributed by atoms with Crippen LogP contribution < -0.4 is 19.7 Å². The summed E-state index contributed by atoms with van der Waals surface area (Å²) in [6, 6.07) is 11.4. The number of rotatable bonds is 3. The topological polar surface area (TPSA) is 114 Å². The van der Waals surface area contributed by atoms with Crippen LogP contribution in [-0.2, 0) is 31.4 Å². The minimum Gasteiger partial charge on any atom is -0.490 e. The van der Waals surface area contributed by atoms with Crippen molar-refractivity contribution in [1.29, 1.82) is 0 Å². The molecule has 47 heavy (non-hydrogen) atoms. The first-order chi connectivity index (χ1) is 22.4. The number of benzene rings is 2. The van der Waals surface area contributed by atoms with Gasteiger partial charge in [0.1, 0.15) is 11.9 Å². The molecule has 0 radical (unpaired) electrons. The maximum atomic E-state index is 13.6. The summed E-state index contributed by atoms with van der Waals surface area (Å²) in [5, 5.41) is 2.52. The second-order valence-corrected chi connectivity index (χ2v) is 16.5. The average molecular weight is 684 g/mol. The van der Waals surface area contributed by atoms with Gasteiger partial charge in [-0.3, -0.25) is 9.59 Å². The van der Waals surface area contributed by atoms with E-state index in [4.69, 9.17) is 21.1 Å². The molecule has 0 saturated heterocycles. The average Bonchev–Trinajstić information content (AvgIpc) is 3.18. The second-order valence-electron chi connectivity index (χ2n) is 14.0. The summed E-state index contributed by atoms with van der Waals surface area (Å²) in [5.41, 5.74) is 3.30. The zero-order chi connectivity index (χ0) is 33.5. The summed E-state index contributed by atoms with van der Waals surface area (Å²) in [5.74, 6) is -0.325. The summed E-state index contributed by atoms with van der Waals surface area (Å²) >= 11 is 6.42. The predicted octanol–water partition coefficient (Wildman–Crippen LogP) is 5.26. The first-order valence-electron chi connectivity index (χ1n) is 16.7. The Bertz CT molecular complexity index is 1660. The lowest BCUT2D eigenvalue weighted by atomic mass is 9.69. The highest BCUT2D eigenvalue weighted by molar-refractivity contribution is 7.90. The maximum absolute atomic E-state index is 13.6. The van der Waals surface area contributed by atoms with Gasteiger partial charge in [0.15, 0.2) is 0 Å². The highest BCUT2D eigenvalue weighted by atomic mass is 35.5. The van der Waals surface area contributed by atoms with Gasteiger partial charge in [0.05, 0.1) is 17.5 Å². The van der Waals surface area contributed by atoms with Crippen LogP contribution in [0.1, 0.15) is 67.4 Å². The number of amides is 2. The van der Waals surface area contributed by atoms with E-state index >= 15 is 0 Å². The van der Waals surface area contributed by atoms with Gasteiger partial charge in [-0.05, 0) is 105 Å². The number of hydrogen-bond acceptors (Lipinski definition) is 7. The zero-order valence-corrected chi connectivity index (χ0v) is 29.2. The number of nitrogens with zero attached hydrogens (tertiary/aromatic N) is 1. The number of carbonyl (C=O) groups is 2. The number of methoxy groups -OCH3 is 1. The van der Waals surface area contributed by atoms with Crippen LogP contribution in [0.2, 0.25) is 5.02 Å². The number of aryl methyl sites for hydroxylation is 1. The van der Waals surface area contributed by atoms with E-state index in [2.05, 4.69) is 39.2 Å². The van der Waals surface area contributed by atoms with Gasteiger partial charge >= 0.3 is 0 Å². The van der Waals surface area contributed by atoms with Gasteiger partial charge in [-0.2, -0.15) is 0 Å². The number of ether oxygens (including phenoxy) is 2. The number of anilines is 1. The van der Waals surface area contributed by atoms with Crippen molar-refractivity contribution < 1.29 is 27.5 Å². The third kappa shape index (κ3) is 6.65. The van der Waals surface area contributed by atoms with Crippen molar-refractivity contribution in [3.63, 3.8) is 0 Å². The molecule has 1 fully saturated rings. The number of hydrogen-bond donors (Lipinski definition) is 2. The molecule has 2 aliphatic heterocycles. The van der Waals surface area contributed by atoms with Crippen LogP contribution in [-0.4, -0.2) is 65.4 Å². The fourth-order valence-electron chi connectivity index (χ4n) is 8.03. The highest BCUT2D eigenvalue weighted by Crippen LogP contribution is 2.46. The van der Waals surface area contributed by atoms with E-state index in [1.165, 1.54) is 18.2 Å². The fourth-order valence-corrected chi connectivity index (χ4v) is 9.51. The third-order valence-corrected chi connectivity index (χ3v) is 13.3.